The number of carbonyl (C=O) groups excluding carboxylic acids is 6. The number of carbonyl (C=O) groups is 6. The van der Waals surface area contributed by atoms with E-state index in [0.29, 0.717) is 0 Å². The molecule has 0 rings (SSSR count). The molecule has 32 heavy (non-hydrogen) atoms. The Labute approximate surface area is 319 Å². The molecule has 0 aliphatic rings. The molecule has 0 aromatic rings. The van der Waals surface area contributed by atoms with Gasteiger partial charge in [-0.3, -0.25) is 0 Å². The number of hydrogen-bond acceptors (Lipinski definition) is 13. The maximum absolute atomic E-state index is 9.86. The van der Waals surface area contributed by atoms with Crippen molar-refractivity contribution in [1.82, 2.24) is 0 Å². The normalized spacial score (nSPS) is 7.03. The van der Waals surface area contributed by atoms with Crippen LogP contribution in [-0.2, 0) is 28.8 Å². The van der Waals surface area contributed by atoms with Crippen LogP contribution >= 0.6 is 0 Å². The van der Waals surface area contributed by atoms with E-state index >= 15 is 0 Å². The van der Waals surface area contributed by atoms with Crippen LogP contribution in [0.2, 0.25) is 0 Å². The van der Waals surface area contributed by atoms with E-state index < -0.39 is 41.9 Å². The van der Waals surface area contributed by atoms with Crippen molar-refractivity contribution in [3.05, 3.63) is 0 Å². The molecule has 0 spiro atoms. The molecule has 0 radical (unpaired) electrons. The summed E-state index contributed by atoms with van der Waals surface area (Å²) in [4.78, 5) is 55.2. The molecule has 0 saturated heterocycles. The first kappa shape index (κ1) is 70.2. The number of carboxylic acids is 6. The molecule has 1 unspecified atom stereocenters. The van der Waals surface area contributed by atoms with Gasteiger partial charge in [0.05, 0.1) is 5.97 Å². The Morgan fingerprint density at radius 3 is 0.812 bits per heavy atom. The third kappa shape index (κ3) is 239. The van der Waals surface area contributed by atoms with Crippen molar-refractivity contribution in [3.63, 3.8) is 0 Å². The van der Waals surface area contributed by atoms with Gasteiger partial charge in [-0.05, 0) is 40.5 Å². The van der Waals surface area contributed by atoms with Gasteiger partial charge in [0.2, 0.25) is 0 Å². The molecule has 0 heterocycles. The predicted octanol–water partition coefficient (Wildman–Crippen LogP) is -26.4. The Kier molecular flexibility index (Phi) is 120. The summed E-state index contributed by atoms with van der Waals surface area (Å²) in [7, 11) is 0. The molecular formula is C13H19NNa6O12. The summed E-state index contributed by atoms with van der Waals surface area (Å²) in [6, 6.07) is -1.21. The fraction of sp³-hybridized carbons (Fsp3) is 0.538. The van der Waals surface area contributed by atoms with Gasteiger partial charge in [0, 0.05) is 35.9 Å². The number of hydrogen-bond donors (Lipinski definition) is 1. The van der Waals surface area contributed by atoms with Crippen molar-refractivity contribution in [2.45, 2.75) is 46.6 Å². The Hall–Kier alpha value is 2.78. The minimum absolute atomic E-state index is 0. The van der Waals surface area contributed by atoms with Gasteiger partial charge in [0.25, 0.3) is 0 Å². The molecule has 0 aromatic heterocycles. The van der Waals surface area contributed by atoms with Crippen molar-refractivity contribution in [3.8, 4) is 0 Å². The zero-order chi connectivity index (χ0) is 22.5. The van der Waals surface area contributed by atoms with E-state index in [1.54, 1.807) is 0 Å². The van der Waals surface area contributed by atoms with Crippen LogP contribution in [0.3, 0.4) is 0 Å². The van der Waals surface area contributed by atoms with E-state index in [1.807, 2.05) is 0 Å². The van der Waals surface area contributed by atoms with E-state index in [1.165, 1.54) is 0 Å². The maximum atomic E-state index is 9.86. The van der Waals surface area contributed by atoms with Crippen LogP contribution in [0.1, 0.15) is 40.5 Å². The monoisotopic (exact) mass is 519 g/mol. The van der Waals surface area contributed by atoms with Crippen LogP contribution in [0.15, 0.2) is 0 Å². The fourth-order valence-electron chi connectivity index (χ4n) is 0.391. The number of nitrogens with two attached hydrogens (primary N) is 1. The molecule has 154 valence electrons. The van der Waals surface area contributed by atoms with Crippen molar-refractivity contribution in [2.75, 3.05) is 0 Å². The standard InChI is InChI=1S/C5H9NO4.4C2H4O2.6Na/c6-3(5(9)10)1-2-4(7)8;4*1-2(3)4;;;;;;/h3H,1-2,6H2,(H,7,8)(H,9,10);4*1H3,(H,3,4);;;;;;/q;;;;;6*+1/p-6. The van der Waals surface area contributed by atoms with E-state index in [2.05, 4.69) is 0 Å². The number of aliphatic carboxylic acids is 6. The third-order valence-corrected chi connectivity index (χ3v) is 0.962. The zero-order valence-electron chi connectivity index (χ0n) is 20.5. The van der Waals surface area contributed by atoms with Gasteiger partial charge >= 0.3 is 177 Å². The molecule has 13 nitrogen and oxygen atoms in total. The van der Waals surface area contributed by atoms with Crippen molar-refractivity contribution in [2.24, 2.45) is 5.73 Å². The quantitative estimate of drug-likeness (QED) is 0.338. The molecule has 0 aliphatic carbocycles. The molecule has 19 heteroatoms. The van der Waals surface area contributed by atoms with Crippen LogP contribution in [0.4, 0.5) is 0 Å². The first-order chi connectivity index (χ1) is 11.5. The Morgan fingerprint density at radius 1 is 0.562 bits per heavy atom. The van der Waals surface area contributed by atoms with Crippen molar-refractivity contribution < 1.29 is 237 Å². The summed E-state index contributed by atoms with van der Waals surface area (Å²) in [5.74, 6) is -7.09. The molecule has 0 bridgehead atoms. The SMILES string of the molecule is CC(=O)[O-].CC(=O)[O-].CC(=O)[O-].CC(=O)[O-].NC(CCC(=O)[O-])C(=O)[O-].[Na+].[Na+].[Na+].[Na+].[Na+].[Na+]. The Morgan fingerprint density at radius 2 is 0.719 bits per heavy atom. The van der Waals surface area contributed by atoms with Gasteiger partial charge in [0.15, 0.2) is 0 Å². The maximum Gasteiger partial charge on any atom is 1.00 e. The second-order valence-corrected chi connectivity index (χ2v) is 3.80. The average Bonchev–Trinajstić information content (AvgIpc) is 2.32. The van der Waals surface area contributed by atoms with E-state index in [0.717, 1.165) is 27.7 Å². The fourth-order valence-corrected chi connectivity index (χ4v) is 0.391. The van der Waals surface area contributed by atoms with E-state index in [-0.39, 0.29) is 190 Å². The molecule has 0 amide bonds. The summed E-state index contributed by atoms with van der Waals surface area (Å²) in [6.07, 6.45) is -0.500. The topological polar surface area (TPSA) is 267 Å². The molecule has 0 aliphatic heterocycles. The van der Waals surface area contributed by atoms with Crippen LogP contribution < -0.4 is 214 Å². The van der Waals surface area contributed by atoms with Gasteiger partial charge in [-0.1, -0.05) is 0 Å². The number of rotatable bonds is 4. The van der Waals surface area contributed by atoms with Gasteiger partial charge in [-0.25, -0.2) is 0 Å². The molecule has 0 fully saturated rings. The molecule has 0 aromatic carbocycles. The van der Waals surface area contributed by atoms with Crippen LogP contribution in [0.5, 0.6) is 0 Å². The van der Waals surface area contributed by atoms with Crippen LogP contribution in [0, 0.1) is 0 Å². The average molecular weight is 519 g/mol. The first-order valence-corrected chi connectivity index (χ1v) is 6.33. The van der Waals surface area contributed by atoms with Gasteiger partial charge in [-0.15, -0.1) is 0 Å². The first-order valence-electron chi connectivity index (χ1n) is 6.33. The molecule has 0 saturated carbocycles. The summed E-state index contributed by atoms with van der Waals surface area (Å²) in [5, 5.41) is 55.2. The number of carboxylic acid groups (broad SMARTS) is 6. The molecule has 1 atom stereocenters. The third-order valence-electron chi connectivity index (χ3n) is 0.962. The Balaban J connectivity index is -0.0000000195. The minimum Gasteiger partial charge on any atom is -0.550 e. The van der Waals surface area contributed by atoms with Crippen molar-refractivity contribution in [1.29, 1.82) is 0 Å². The Bertz CT molecular complexity index is 405. The summed E-state index contributed by atoms with van der Waals surface area (Å²) in [6.45, 7) is 3.89. The van der Waals surface area contributed by atoms with Gasteiger partial charge < -0.3 is 65.1 Å². The summed E-state index contributed by atoms with van der Waals surface area (Å²) >= 11 is 0. The summed E-state index contributed by atoms with van der Waals surface area (Å²) in [5.41, 5.74) is 4.91. The van der Waals surface area contributed by atoms with E-state index in [9.17, 15) is 19.8 Å². The minimum atomic E-state index is -1.44. The van der Waals surface area contributed by atoms with Gasteiger partial charge in [0.1, 0.15) is 0 Å². The largest absolute Gasteiger partial charge is 1.00 e. The zero-order valence-corrected chi connectivity index (χ0v) is 32.5. The van der Waals surface area contributed by atoms with Gasteiger partial charge in [-0.2, -0.15) is 0 Å². The van der Waals surface area contributed by atoms with Crippen LogP contribution in [0.25, 0.3) is 0 Å². The van der Waals surface area contributed by atoms with Crippen molar-refractivity contribution >= 4 is 35.8 Å². The van der Waals surface area contributed by atoms with E-state index in [4.69, 9.17) is 45.3 Å². The molecule has 2 N–H and O–H groups in total. The summed E-state index contributed by atoms with van der Waals surface area (Å²) < 4.78 is 0. The molecular weight excluding hydrogens is 500 g/mol. The second kappa shape index (κ2) is 54.6. The predicted molar refractivity (Wildman–Crippen MR) is 69.9 cm³/mol. The van der Waals surface area contributed by atoms with Crippen LogP contribution in [-0.4, -0.2) is 41.9 Å². The smallest absolute Gasteiger partial charge is 0.550 e. The second-order valence-electron chi connectivity index (χ2n) is 3.80.